The Morgan fingerprint density at radius 3 is 2.43 bits per heavy atom. The maximum Gasteiger partial charge on any atom is 0.326 e. The monoisotopic (exact) mass is 336 g/mol. The summed E-state index contributed by atoms with van der Waals surface area (Å²) in [4.78, 5) is 34.4. The lowest BCUT2D eigenvalue weighted by Crippen LogP contribution is -2.44. The van der Waals surface area contributed by atoms with Crippen molar-refractivity contribution in [1.82, 2.24) is 5.32 Å². The fraction of sp³-hybridized carbons (Fsp3) is 0.769. The van der Waals surface area contributed by atoms with Crippen molar-refractivity contribution in [2.75, 3.05) is 24.3 Å². The number of nitrogens with one attached hydrogen (secondary N) is 1. The fourth-order valence-electron chi connectivity index (χ4n) is 1.65. The van der Waals surface area contributed by atoms with Gasteiger partial charge in [-0.3, -0.25) is 9.59 Å². The zero-order chi connectivity index (χ0) is 16.3. The van der Waals surface area contributed by atoms with Crippen LogP contribution < -0.4 is 11.1 Å². The SMILES string of the molecule is CSCC[C@H](NC(=O)C(CCCN)CSC(C)=O)C(=O)O. The van der Waals surface area contributed by atoms with E-state index in [1.807, 2.05) is 6.26 Å². The summed E-state index contributed by atoms with van der Waals surface area (Å²) in [6, 6.07) is -0.882. The molecule has 0 aliphatic rings. The molecule has 0 aliphatic carbocycles. The zero-order valence-corrected chi connectivity index (χ0v) is 14.1. The molecular weight excluding hydrogens is 312 g/mol. The van der Waals surface area contributed by atoms with Gasteiger partial charge in [0.05, 0.1) is 0 Å². The lowest BCUT2D eigenvalue weighted by Gasteiger charge is -2.19. The molecule has 0 rings (SSSR count). The van der Waals surface area contributed by atoms with Gasteiger partial charge in [0.2, 0.25) is 5.91 Å². The van der Waals surface area contributed by atoms with Gasteiger partial charge in [-0.1, -0.05) is 11.8 Å². The third-order valence-corrected chi connectivity index (χ3v) is 4.46. The van der Waals surface area contributed by atoms with E-state index in [9.17, 15) is 14.4 Å². The number of hydrogen-bond donors (Lipinski definition) is 3. The van der Waals surface area contributed by atoms with E-state index in [4.69, 9.17) is 10.8 Å². The van der Waals surface area contributed by atoms with Gasteiger partial charge in [0.25, 0.3) is 0 Å². The van der Waals surface area contributed by atoms with Gasteiger partial charge in [-0.2, -0.15) is 11.8 Å². The van der Waals surface area contributed by atoms with Crippen LogP contribution in [0.3, 0.4) is 0 Å². The molecule has 6 nitrogen and oxygen atoms in total. The first kappa shape index (κ1) is 20.3. The summed E-state index contributed by atoms with van der Waals surface area (Å²) in [6.45, 7) is 1.91. The summed E-state index contributed by atoms with van der Waals surface area (Å²) in [7, 11) is 0. The van der Waals surface area contributed by atoms with Crippen LogP contribution in [-0.2, 0) is 14.4 Å². The fourth-order valence-corrected chi connectivity index (χ4v) is 2.88. The highest BCUT2D eigenvalue weighted by atomic mass is 32.2. The topological polar surface area (TPSA) is 109 Å². The zero-order valence-electron chi connectivity index (χ0n) is 12.5. The van der Waals surface area contributed by atoms with Crippen LogP contribution in [0.4, 0.5) is 0 Å². The first-order chi connectivity index (χ1) is 9.92. The molecule has 2 atom stereocenters. The standard InChI is InChI=1S/C13H24N2O4S2/c1-9(16)21-8-10(4-3-6-14)12(17)15-11(13(18)19)5-7-20-2/h10-11H,3-8,14H2,1-2H3,(H,15,17)(H,18,19)/t10?,11-/m0/s1. The molecule has 0 heterocycles. The van der Waals surface area contributed by atoms with Gasteiger partial charge in [0, 0.05) is 18.6 Å². The van der Waals surface area contributed by atoms with Gasteiger partial charge >= 0.3 is 5.97 Å². The van der Waals surface area contributed by atoms with Crippen molar-refractivity contribution in [3.63, 3.8) is 0 Å². The molecule has 0 radical (unpaired) electrons. The van der Waals surface area contributed by atoms with Gasteiger partial charge in [-0.05, 0) is 37.8 Å². The Hall–Kier alpha value is -0.730. The van der Waals surface area contributed by atoms with E-state index in [0.29, 0.717) is 37.3 Å². The summed E-state index contributed by atoms with van der Waals surface area (Å²) in [5.41, 5.74) is 5.45. The van der Waals surface area contributed by atoms with E-state index in [-0.39, 0.29) is 11.0 Å². The number of carbonyl (C=O) groups is 3. The van der Waals surface area contributed by atoms with Crippen LogP contribution in [0.5, 0.6) is 0 Å². The number of nitrogens with two attached hydrogens (primary N) is 1. The largest absolute Gasteiger partial charge is 0.480 e. The average Bonchev–Trinajstić information content (AvgIpc) is 2.42. The minimum absolute atomic E-state index is 0.0577. The maximum atomic E-state index is 12.2. The third kappa shape index (κ3) is 9.76. The second kappa shape index (κ2) is 11.9. The van der Waals surface area contributed by atoms with Crippen LogP contribution in [0, 0.1) is 5.92 Å². The predicted molar refractivity (Wildman–Crippen MR) is 87.5 cm³/mol. The molecule has 0 bridgehead atoms. The number of thioether (sulfide) groups is 2. The molecule has 0 saturated heterocycles. The first-order valence-corrected chi connectivity index (χ1v) is 9.15. The van der Waals surface area contributed by atoms with E-state index in [1.165, 1.54) is 18.7 Å². The molecular formula is C13H24N2O4S2. The summed E-state index contributed by atoms with van der Waals surface area (Å²) in [6.07, 6.45) is 3.48. The molecule has 1 unspecified atom stereocenters. The van der Waals surface area contributed by atoms with Gasteiger partial charge in [-0.25, -0.2) is 4.79 Å². The van der Waals surface area contributed by atoms with Gasteiger partial charge in [-0.15, -0.1) is 0 Å². The normalized spacial score (nSPS) is 13.5. The summed E-state index contributed by atoms with van der Waals surface area (Å²) in [5, 5.41) is 11.6. The highest BCUT2D eigenvalue weighted by molar-refractivity contribution is 8.13. The predicted octanol–water partition coefficient (Wildman–Crippen LogP) is 0.944. The van der Waals surface area contributed by atoms with E-state index < -0.39 is 17.9 Å². The number of hydrogen-bond acceptors (Lipinski definition) is 6. The van der Waals surface area contributed by atoms with E-state index >= 15 is 0 Å². The van der Waals surface area contributed by atoms with E-state index in [0.717, 1.165) is 11.8 Å². The van der Waals surface area contributed by atoms with Crippen molar-refractivity contribution in [3.8, 4) is 0 Å². The number of carbonyl (C=O) groups excluding carboxylic acids is 2. The van der Waals surface area contributed by atoms with Gasteiger partial charge in [0.1, 0.15) is 6.04 Å². The van der Waals surface area contributed by atoms with Crippen molar-refractivity contribution in [2.24, 2.45) is 11.7 Å². The third-order valence-electron chi connectivity index (χ3n) is 2.84. The minimum Gasteiger partial charge on any atom is -0.480 e. The first-order valence-electron chi connectivity index (χ1n) is 6.77. The lowest BCUT2D eigenvalue weighted by molar-refractivity contribution is -0.142. The quantitative estimate of drug-likeness (QED) is 0.515. The Kier molecular flexibility index (Phi) is 11.5. The Morgan fingerprint density at radius 2 is 1.95 bits per heavy atom. The Bertz CT molecular complexity index is 353. The molecule has 8 heteroatoms. The molecule has 21 heavy (non-hydrogen) atoms. The number of carboxylic acids is 1. The van der Waals surface area contributed by atoms with Crippen LogP contribution >= 0.6 is 23.5 Å². The average molecular weight is 336 g/mol. The van der Waals surface area contributed by atoms with Crippen molar-refractivity contribution in [2.45, 2.75) is 32.2 Å². The van der Waals surface area contributed by atoms with Crippen LogP contribution in [0.2, 0.25) is 0 Å². The molecule has 1 amide bonds. The van der Waals surface area contributed by atoms with Gasteiger partial charge < -0.3 is 16.2 Å². The van der Waals surface area contributed by atoms with Crippen LogP contribution in [0.25, 0.3) is 0 Å². The molecule has 0 aromatic heterocycles. The van der Waals surface area contributed by atoms with Crippen LogP contribution in [0.15, 0.2) is 0 Å². The molecule has 0 aromatic carbocycles. The van der Waals surface area contributed by atoms with Crippen molar-refractivity contribution in [1.29, 1.82) is 0 Å². The molecule has 0 fully saturated rings. The highest BCUT2D eigenvalue weighted by Crippen LogP contribution is 2.16. The number of rotatable bonds is 11. The number of carboxylic acid groups (broad SMARTS) is 1. The minimum atomic E-state index is -1.03. The summed E-state index contributed by atoms with van der Waals surface area (Å²) >= 11 is 2.61. The van der Waals surface area contributed by atoms with E-state index in [2.05, 4.69) is 5.32 Å². The molecule has 0 saturated carbocycles. The molecule has 0 spiro atoms. The summed E-state index contributed by atoms with van der Waals surface area (Å²) in [5.74, 6) is -0.721. The number of amides is 1. The smallest absolute Gasteiger partial charge is 0.326 e. The Labute approximate surface area is 134 Å². The molecule has 122 valence electrons. The molecule has 0 aliphatic heterocycles. The maximum absolute atomic E-state index is 12.2. The van der Waals surface area contributed by atoms with Crippen molar-refractivity contribution >= 4 is 40.5 Å². The number of aliphatic carboxylic acids is 1. The second-order valence-corrected chi connectivity index (χ2v) is 6.79. The highest BCUT2D eigenvalue weighted by Gasteiger charge is 2.25. The second-order valence-electron chi connectivity index (χ2n) is 4.61. The van der Waals surface area contributed by atoms with Crippen LogP contribution in [0.1, 0.15) is 26.2 Å². The van der Waals surface area contributed by atoms with E-state index in [1.54, 1.807) is 0 Å². The van der Waals surface area contributed by atoms with Gasteiger partial charge in [0.15, 0.2) is 5.12 Å². The lowest BCUT2D eigenvalue weighted by atomic mass is 10.0. The molecule has 0 aromatic rings. The van der Waals surface area contributed by atoms with Crippen LogP contribution in [-0.4, -0.2) is 52.4 Å². The van der Waals surface area contributed by atoms with Crippen molar-refractivity contribution in [3.05, 3.63) is 0 Å². The van der Waals surface area contributed by atoms with Crippen molar-refractivity contribution < 1.29 is 19.5 Å². The Balaban J connectivity index is 4.58. The molecule has 4 N–H and O–H groups in total. The Morgan fingerprint density at radius 1 is 1.29 bits per heavy atom. The summed E-state index contributed by atoms with van der Waals surface area (Å²) < 4.78 is 0.